The molecule has 1 saturated carbocycles. The Morgan fingerprint density at radius 3 is 2.68 bits per heavy atom. The third kappa shape index (κ3) is 3.26. The zero-order chi connectivity index (χ0) is 14.0. The fourth-order valence-electron chi connectivity index (χ4n) is 2.55. The quantitative estimate of drug-likeness (QED) is 0.895. The van der Waals surface area contributed by atoms with Gasteiger partial charge < -0.3 is 10.4 Å². The molecule has 0 aromatic heterocycles. The van der Waals surface area contributed by atoms with Crippen molar-refractivity contribution < 1.29 is 14.7 Å². The number of nitrogens with one attached hydrogen (secondary N) is 1. The monoisotopic (exact) mass is 281 g/mol. The van der Waals surface area contributed by atoms with Crippen LogP contribution in [0.15, 0.2) is 18.2 Å². The summed E-state index contributed by atoms with van der Waals surface area (Å²) in [5.74, 6) is -1.59. The van der Waals surface area contributed by atoms with Crippen LogP contribution in [0, 0.1) is 12.8 Å². The topological polar surface area (TPSA) is 66.4 Å². The minimum Gasteiger partial charge on any atom is -0.481 e. The molecule has 0 heterocycles. The first kappa shape index (κ1) is 13.9. The number of aryl methyl sites for hydroxylation is 1. The minimum absolute atomic E-state index is 0.260. The Bertz CT molecular complexity index is 495. The van der Waals surface area contributed by atoms with Crippen molar-refractivity contribution in [2.75, 3.05) is 0 Å². The van der Waals surface area contributed by atoms with Gasteiger partial charge in [0.25, 0.3) is 5.91 Å². The summed E-state index contributed by atoms with van der Waals surface area (Å²) in [5, 5.41) is 12.4. The van der Waals surface area contributed by atoms with E-state index >= 15 is 0 Å². The number of carbonyl (C=O) groups excluding carboxylic acids is 1. The van der Waals surface area contributed by atoms with Crippen LogP contribution >= 0.6 is 11.6 Å². The van der Waals surface area contributed by atoms with Crippen LogP contribution in [0.2, 0.25) is 5.02 Å². The van der Waals surface area contributed by atoms with Crippen molar-refractivity contribution in [2.45, 2.75) is 32.2 Å². The molecule has 2 rings (SSSR count). The molecule has 1 aromatic rings. The van der Waals surface area contributed by atoms with Crippen LogP contribution in [0.3, 0.4) is 0 Å². The lowest BCUT2D eigenvalue weighted by Crippen LogP contribution is -2.40. The minimum atomic E-state index is -0.843. The van der Waals surface area contributed by atoms with Gasteiger partial charge in [-0.1, -0.05) is 18.0 Å². The number of aliphatic carboxylic acids is 1. The number of hydrogen-bond acceptors (Lipinski definition) is 2. The fourth-order valence-corrected chi connectivity index (χ4v) is 2.84. The number of carboxylic acids is 1. The van der Waals surface area contributed by atoms with E-state index in [4.69, 9.17) is 16.7 Å². The van der Waals surface area contributed by atoms with E-state index in [0.717, 1.165) is 12.0 Å². The van der Waals surface area contributed by atoms with Crippen molar-refractivity contribution in [1.29, 1.82) is 0 Å². The van der Waals surface area contributed by atoms with Gasteiger partial charge >= 0.3 is 5.97 Å². The summed E-state index contributed by atoms with van der Waals surface area (Å²) in [6, 6.07) is 4.82. The van der Waals surface area contributed by atoms with Crippen LogP contribution in [0.25, 0.3) is 0 Å². The number of rotatable bonds is 3. The van der Waals surface area contributed by atoms with Gasteiger partial charge in [-0.05, 0) is 43.5 Å². The average molecular weight is 282 g/mol. The second-order valence-corrected chi connectivity index (χ2v) is 5.41. The summed E-state index contributed by atoms with van der Waals surface area (Å²) < 4.78 is 0. The van der Waals surface area contributed by atoms with Crippen LogP contribution < -0.4 is 5.32 Å². The zero-order valence-electron chi connectivity index (χ0n) is 10.6. The summed E-state index contributed by atoms with van der Waals surface area (Å²) in [6.45, 7) is 1.86. The molecule has 2 atom stereocenters. The summed E-state index contributed by atoms with van der Waals surface area (Å²) in [5.41, 5.74) is 1.37. The standard InChI is InChI=1S/C14H16ClNO3/c1-8-5-9(7-10(15)6-8)13(17)16-12-4-2-3-11(12)14(18)19/h5-7,11-12H,2-4H2,1H3,(H,16,17)(H,18,19)/t11-,12-/m0/s1. The molecule has 1 fully saturated rings. The molecule has 5 heteroatoms. The second kappa shape index (κ2) is 5.61. The Labute approximate surface area is 116 Å². The Hall–Kier alpha value is -1.55. The van der Waals surface area contributed by atoms with Gasteiger partial charge in [-0.15, -0.1) is 0 Å². The number of benzene rings is 1. The molecule has 0 bridgehead atoms. The van der Waals surface area contributed by atoms with Gasteiger partial charge in [-0.25, -0.2) is 0 Å². The lowest BCUT2D eigenvalue weighted by atomic mass is 10.0. The molecule has 0 unspecified atom stereocenters. The fraction of sp³-hybridized carbons (Fsp3) is 0.429. The van der Waals surface area contributed by atoms with E-state index in [9.17, 15) is 9.59 Å². The highest BCUT2D eigenvalue weighted by Crippen LogP contribution is 2.26. The lowest BCUT2D eigenvalue weighted by molar-refractivity contribution is -0.142. The second-order valence-electron chi connectivity index (χ2n) is 4.97. The highest BCUT2D eigenvalue weighted by Gasteiger charge is 2.34. The highest BCUT2D eigenvalue weighted by atomic mass is 35.5. The van der Waals surface area contributed by atoms with Crippen molar-refractivity contribution in [3.05, 3.63) is 34.3 Å². The van der Waals surface area contributed by atoms with Crippen LogP contribution in [0.4, 0.5) is 0 Å². The van der Waals surface area contributed by atoms with Gasteiger partial charge in [-0.3, -0.25) is 9.59 Å². The summed E-state index contributed by atoms with van der Waals surface area (Å²) >= 11 is 5.92. The molecule has 1 aliphatic carbocycles. The number of carboxylic acid groups (broad SMARTS) is 1. The molecule has 1 aliphatic rings. The van der Waals surface area contributed by atoms with E-state index < -0.39 is 11.9 Å². The average Bonchev–Trinajstić information content (AvgIpc) is 2.75. The van der Waals surface area contributed by atoms with Crippen molar-refractivity contribution in [3.8, 4) is 0 Å². The molecule has 0 aliphatic heterocycles. The smallest absolute Gasteiger partial charge is 0.308 e. The molecule has 0 saturated heterocycles. The Morgan fingerprint density at radius 1 is 1.32 bits per heavy atom. The van der Waals surface area contributed by atoms with Gasteiger partial charge in [0.2, 0.25) is 0 Å². The van der Waals surface area contributed by atoms with E-state index in [-0.39, 0.29) is 11.9 Å². The van der Waals surface area contributed by atoms with Crippen molar-refractivity contribution in [3.63, 3.8) is 0 Å². The first-order valence-corrected chi connectivity index (χ1v) is 6.66. The van der Waals surface area contributed by atoms with Crippen LogP contribution in [0.1, 0.15) is 35.2 Å². The third-order valence-corrected chi connectivity index (χ3v) is 3.67. The van der Waals surface area contributed by atoms with E-state index in [2.05, 4.69) is 5.32 Å². The normalized spacial score (nSPS) is 22.2. The third-order valence-electron chi connectivity index (χ3n) is 3.45. The highest BCUT2D eigenvalue weighted by molar-refractivity contribution is 6.31. The molecular weight excluding hydrogens is 266 g/mol. The maximum Gasteiger partial charge on any atom is 0.308 e. The molecule has 102 valence electrons. The van der Waals surface area contributed by atoms with Crippen molar-refractivity contribution in [1.82, 2.24) is 5.32 Å². The predicted molar refractivity (Wildman–Crippen MR) is 72.4 cm³/mol. The van der Waals surface area contributed by atoms with Crippen molar-refractivity contribution >= 4 is 23.5 Å². The van der Waals surface area contributed by atoms with Crippen LogP contribution in [-0.2, 0) is 4.79 Å². The maximum atomic E-state index is 12.1. The molecule has 1 aromatic carbocycles. The van der Waals surface area contributed by atoms with Gasteiger partial charge in [-0.2, -0.15) is 0 Å². The van der Waals surface area contributed by atoms with E-state index in [1.165, 1.54) is 0 Å². The van der Waals surface area contributed by atoms with E-state index in [1.807, 2.05) is 6.92 Å². The Kier molecular flexibility index (Phi) is 4.10. The van der Waals surface area contributed by atoms with Gasteiger partial charge in [0.15, 0.2) is 0 Å². The number of carbonyl (C=O) groups is 2. The molecular formula is C14H16ClNO3. The van der Waals surface area contributed by atoms with Crippen LogP contribution in [0.5, 0.6) is 0 Å². The van der Waals surface area contributed by atoms with Gasteiger partial charge in [0, 0.05) is 16.6 Å². The summed E-state index contributed by atoms with van der Waals surface area (Å²) in [6.07, 6.45) is 2.16. The number of halogens is 1. The first-order valence-electron chi connectivity index (χ1n) is 6.28. The first-order chi connectivity index (χ1) is 8.97. The molecule has 19 heavy (non-hydrogen) atoms. The molecule has 0 radical (unpaired) electrons. The van der Waals surface area contributed by atoms with Crippen molar-refractivity contribution in [2.24, 2.45) is 5.92 Å². The summed E-state index contributed by atoms with van der Waals surface area (Å²) in [7, 11) is 0. The summed E-state index contributed by atoms with van der Waals surface area (Å²) in [4.78, 5) is 23.2. The van der Waals surface area contributed by atoms with Gasteiger partial charge in [0.1, 0.15) is 0 Å². The predicted octanol–water partition coefficient (Wildman–Crippen LogP) is 2.63. The number of amides is 1. The van der Waals surface area contributed by atoms with Crippen LogP contribution in [-0.4, -0.2) is 23.0 Å². The Morgan fingerprint density at radius 2 is 2.05 bits per heavy atom. The maximum absolute atomic E-state index is 12.1. The molecule has 4 nitrogen and oxygen atoms in total. The molecule has 1 amide bonds. The molecule has 2 N–H and O–H groups in total. The SMILES string of the molecule is Cc1cc(Cl)cc(C(=O)N[C@H]2CCC[C@@H]2C(=O)O)c1. The van der Waals surface area contributed by atoms with E-state index in [0.29, 0.717) is 23.4 Å². The molecule has 0 spiro atoms. The number of hydrogen-bond donors (Lipinski definition) is 2. The zero-order valence-corrected chi connectivity index (χ0v) is 11.4. The largest absolute Gasteiger partial charge is 0.481 e. The van der Waals surface area contributed by atoms with E-state index in [1.54, 1.807) is 18.2 Å². The lowest BCUT2D eigenvalue weighted by Gasteiger charge is -2.17. The van der Waals surface area contributed by atoms with Gasteiger partial charge in [0.05, 0.1) is 5.92 Å². The Balaban J connectivity index is 2.10.